The van der Waals surface area contributed by atoms with Gasteiger partial charge in [0.05, 0.1) is 0 Å². The number of furan rings is 1. The standard InChI is InChI=1S/C25H24N4O6S3/c1-12-6-13(2)8-17(7-12)34-9-16-4-5-18(35-16)21(30)26-19-22(31)29-20(24(32)33)15(10-36-23(19)29)11-37-25-28-27-14(3)38-25/h4-8,19,23H,9-11H2,1-3H3,(H,26,30)(H,32,33). The van der Waals surface area contributed by atoms with Crippen LogP contribution >= 0.6 is 34.9 Å². The van der Waals surface area contributed by atoms with Gasteiger partial charge in [0, 0.05) is 11.5 Å². The number of hydrogen-bond acceptors (Lipinski definition) is 10. The molecule has 2 atom stereocenters. The fourth-order valence-electron chi connectivity index (χ4n) is 4.24. The second-order valence-electron chi connectivity index (χ2n) is 8.87. The van der Waals surface area contributed by atoms with E-state index in [2.05, 4.69) is 15.5 Å². The average Bonchev–Trinajstić information content (AvgIpc) is 3.52. The number of carbonyl (C=O) groups excluding carboxylic acids is 2. The number of carboxylic acids is 1. The average molecular weight is 573 g/mol. The summed E-state index contributed by atoms with van der Waals surface area (Å²) < 4.78 is 12.2. The summed E-state index contributed by atoms with van der Waals surface area (Å²) in [5, 5.41) is 20.9. The number of carboxylic acid groups (broad SMARTS) is 1. The van der Waals surface area contributed by atoms with E-state index in [-0.39, 0.29) is 18.1 Å². The molecular formula is C25H24N4O6S3. The second-order valence-corrected chi connectivity index (χ2v) is 12.4. The van der Waals surface area contributed by atoms with Crippen LogP contribution < -0.4 is 10.1 Å². The van der Waals surface area contributed by atoms with Crippen LogP contribution in [0.25, 0.3) is 0 Å². The van der Waals surface area contributed by atoms with E-state index in [4.69, 9.17) is 9.15 Å². The Morgan fingerprint density at radius 3 is 2.66 bits per heavy atom. The lowest BCUT2D eigenvalue weighted by atomic mass is 10.0. The number of nitrogens with zero attached hydrogens (tertiary/aromatic N) is 3. The topological polar surface area (TPSA) is 135 Å². The van der Waals surface area contributed by atoms with Crippen LogP contribution in [-0.2, 0) is 16.2 Å². The number of benzene rings is 1. The van der Waals surface area contributed by atoms with Crippen LogP contribution in [0.4, 0.5) is 0 Å². The number of carbonyl (C=O) groups is 3. The highest BCUT2D eigenvalue weighted by Gasteiger charge is 2.54. The molecule has 5 rings (SSSR count). The zero-order valence-electron chi connectivity index (χ0n) is 20.7. The van der Waals surface area contributed by atoms with Crippen molar-refractivity contribution in [2.75, 3.05) is 11.5 Å². The highest BCUT2D eigenvalue weighted by molar-refractivity contribution is 8.01. The number of aliphatic carboxylic acids is 1. The summed E-state index contributed by atoms with van der Waals surface area (Å²) in [6.07, 6.45) is 0. The first-order valence-electron chi connectivity index (χ1n) is 11.6. The molecule has 13 heteroatoms. The van der Waals surface area contributed by atoms with E-state index in [0.717, 1.165) is 20.5 Å². The molecule has 0 spiro atoms. The highest BCUT2D eigenvalue weighted by Crippen LogP contribution is 2.42. The van der Waals surface area contributed by atoms with Crippen molar-refractivity contribution in [3.05, 3.63) is 69.3 Å². The van der Waals surface area contributed by atoms with Crippen LogP contribution in [0.1, 0.15) is 32.4 Å². The van der Waals surface area contributed by atoms with Crippen molar-refractivity contribution in [2.45, 2.75) is 43.1 Å². The van der Waals surface area contributed by atoms with Crippen molar-refractivity contribution >= 4 is 52.6 Å². The first-order valence-corrected chi connectivity index (χ1v) is 14.5. The quantitative estimate of drug-likeness (QED) is 0.288. The molecule has 4 heterocycles. The normalized spacial score (nSPS) is 18.7. The first kappa shape index (κ1) is 26.3. The van der Waals surface area contributed by atoms with Gasteiger partial charge in [-0.25, -0.2) is 4.79 Å². The SMILES string of the molecule is Cc1cc(C)cc(OCc2ccc(C(=O)NC3C(=O)N4C(C(=O)O)=C(CSc5nnc(C)s5)CSC34)o2)c1. The van der Waals surface area contributed by atoms with E-state index in [1.54, 1.807) is 6.07 Å². The lowest BCUT2D eigenvalue weighted by molar-refractivity contribution is -0.148. The smallest absolute Gasteiger partial charge is 0.352 e. The number of aromatic nitrogens is 2. The van der Waals surface area contributed by atoms with E-state index in [9.17, 15) is 19.5 Å². The van der Waals surface area contributed by atoms with Crippen molar-refractivity contribution in [3.8, 4) is 5.75 Å². The summed E-state index contributed by atoms with van der Waals surface area (Å²) in [6, 6.07) is 8.21. The van der Waals surface area contributed by atoms with Gasteiger partial charge in [-0.3, -0.25) is 14.5 Å². The minimum absolute atomic E-state index is 0.0261. The molecule has 2 aromatic heterocycles. The van der Waals surface area contributed by atoms with Gasteiger partial charge in [-0.15, -0.1) is 22.0 Å². The summed E-state index contributed by atoms with van der Waals surface area (Å²) in [6.45, 7) is 5.97. The monoisotopic (exact) mass is 572 g/mol. The Labute approximate surface area is 230 Å². The van der Waals surface area contributed by atoms with Gasteiger partial charge in [0.15, 0.2) is 10.1 Å². The lowest BCUT2D eigenvalue weighted by Crippen LogP contribution is -2.70. The largest absolute Gasteiger partial charge is 0.486 e. The molecule has 38 heavy (non-hydrogen) atoms. The molecule has 2 aliphatic heterocycles. The van der Waals surface area contributed by atoms with Gasteiger partial charge < -0.3 is 19.6 Å². The van der Waals surface area contributed by atoms with Crippen molar-refractivity contribution < 1.29 is 28.6 Å². The third-order valence-corrected chi connectivity index (χ3v) is 9.27. The molecule has 198 valence electrons. The molecule has 1 aromatic carbocycles. The van der Waals surface area contributed by atoms with Gasteiger partial charge >= 0.3 is 5.97 Å². The molecule has 0 radical (unpaired) electrons. The van der Waals surface area contributed by atoms with Gasteiger partial charge in [-0.2, -0.15) is 0 Å². The molecule has 2 unspecified atom stereocenters. The van der Waals surface area contributed by atoms with Crippen LogP contribution in [0.15, 0.2) is 50.4 Å². The minimum atomic E-state index is -1.17. The fraction of sp³-hybridized carbons (Fsp3) is 0.320. The van der Waals surface area contributed by atoms with Crippen LogP contribution in [0.3, 0.4) is 0 Å². The van der Waals surface area contributed by atoms with Gasteiger partial charge in [0.2, 0.25) is 0 Å². The molecule has 0 saturated carbocycles. The number of aryl methyl sites for hydroxylation is 3. The van der Waals surface area contributed by atoms with Gasteiger partial charge in [-0.1, -0.05) is 29.2 Å². The molecule has 1 fully saturated rings. The molecule has 2 amide bonds. The summed E-state index contributed by atoms with van der Waals surface area (Å²) in [5.74, 6) is -0.150. The predicted octanol–water partition coefficient (Wildman–Crippen LogP) is 3.78. The van der Waals surface area contributed by atoms with Crippen molar-refractivity contribution in [2.24, 2.45) is 0 Å². The number of rotatable bonds is 9. The molecule has 10 nitrogen and oxygen atoms in total. The molecular weight excluding hydrogens is 548 g/mol. The van der Waals surface area contributed by atoms with Gasteiger partial charge in [0.1, 0.15) is 40.2 Å². The lowest BCUT2D eigenvalue weighted by Gasteiger charge is -2.49. The van der Waals surface area contributed by atoms with Crippen LogP contribution in [0.5, 0.6) is 5.75 Å². The Kier molecular flexibility index (Phi) is 7.50. The first-order chi connectivity index (χ1) is 18.2. The summed E-state index contributed by atoms with van der Waals surface area (Å²) in [4.78, 5) is 39.1. The molecule has 2 aliphatic rings. The van der Waals surface area contributed by atoms with E-state index in [1.165, 1.54) is 45.8 Å². The van der Waals surface area contributed by atoms with Crippen molar-refractivity contribution in [1.29, 1.82) is 0 Å². The Morgan fingerprint density at radius 2 is 1.97 bits per heavy atom. The zero-order chi connectivity index (χ0) is 27.0. The number of thioether (sulfide) groups is 2. The predicted molar refractivity (Wildman–Crippen MR) is 143 cm³/mol. The minimum Gasteiger partial charge on any atom is -0.486 e. The van der Waals surface area contributed by atoms with E-state index >= 15 is 0 Å². The number of nitrogens with one attached hydrogen (secondary N) is 1. The molecule has 0 bridgehead atoms. The van der Waals surface area contributed by atoms with Crippen LogP contribution in [-0.4, -0.2) is 60.9 Å². The number of fused-ring (bicyclic) bond motifs is 1. The van der Waals surface area contributed by atoms with E-state index in [1.807, 2.05) is 39.0 Å². The van der Waals surface area contributed by atoms with Gasteiger partial charge in [-0.05, 0) is 61.7 Å². The Balaban J connectivity index is 1.20. The molecule has 3 aromatic rings. The fourth-order valence-corrected chi connectivity index (χ4v) is 7.54. The van der Waals surface area contributed by atoms with E-state index in [0.29, 0.717) is 28.6 Å². The van der Waals surface area contributed by atoms with E-state index < -0.39 is 29.2 Å². The van der Waals surface area contributed by atoms with Crippen LogP contribution in [0.2, 0.25) is 0 Å². The molecule has 2 N–H and O–H groups in total. The zero-order valence-corrected chi connectivity index (χ0v) is 23.2. The molecule has 1 saturated heterocycles. The third-order valence-electron chi connectivity index (χ3n) is 5.88. The van der Waals surface area contributed by atoms with Crippen molar-refractivity contribution in [1.82, 2.24) is 20.4 Å². The summed E-state index contributed by atoms with van der Waals surface area (Å²) >= 11 is 4.24. The summed E-state index contributed by atoms with van der Waals surface area (Å²) in [7, 11) is 0. The van der Waals surface area contributed by atoms with Crippen molar-refractivity contribution in [3.63, 3.8) is 0 Å². The van der Waals surface area contributed by atoms with Gasteiger partial charge in [0.25, 0.3) is 11.8 Å². The second kappa shape index (κ2) is 10.8. The highest BCUT2D eigenvalue weighted by atomic mass is 32.2. The maximum atomic E-state index is 12.9. The number of ether oxygens (including phenoxy) is 1. The number of hydrogen-bond donors (Lipinski definition) is 2. The maximum absolute atomic E-state index is 12.9. The number of amides is 2. The molecule has 0 aliphatic carbocycles. The third kappa shape index (κ3) is 5.45. The Morgan fingerprint density at radius 1 is 1.21 bits per heavy atom. The number of β-lactam (4-membered cyclic amide) rings is 1. The Bertz CT molecular complexity index is 1430. The summed E-state index contributed by atoms with van der Waals surface area (Å²) in [5.41, 5.74) is 2.77. The maximum Gasteiger partial charge on any atom is 0.352 e. The van der Waals surface area contributed by atoms with Crippen LogP contribution in [0, 0.1) is 20.8 Å². The Hall–Kier alpha value is -3.29.